The Morgan fingerprint density at radius 3 is 2.30 bits per heavy atom. The van der Waals surface area contributed by atoms with Crippen molar-refractivity contribution in [3.05, 3.63) is 136 Å². The Labute approximate surface area is 281 Å². The normalized spacial score (nSPS) is 14.5. The van der Waals surface area contributed by atoms with Gasteiger partial charge in [-0.15, -0.1) is 0 Å². The first-order valence-electron chi connectivity index (χ1n) is 14.5. The highest BCUT2D eigenvalue weighted by molar-refractivity contribution is 9.10. The predicted octanol–water partition coefficient (Wildman–Crippen LogP) is 7.25. The topological polar surface area (TPSA) is 97.3 Å². The molecule has 0 atom stereocenters. The van der Waals surface area contributed by atoms with E-state index in [2.05, 4.69) is 32.8 Å². The number of aliphatic imine (C=N–C) groups is 1. The standard InChI is InChI=1S/C36H34BrN3O5S/c1-5-8-19-27(6-2)40-35(43)28(20-24-21-29(37)33(44-4)30(22-24)45-7-3)34(42)39-36(40)46-23-31(41)38-32(25-15-11-9-12-16-25)26-17-13-10-14-18-26/h5-6,8-22,32H,1,7,23H2,2-4H3,(H,38,41)/b19-8-,27-6+,28-20+. The number of carbonyl (C=O) groups excluding carboxylic acids is 3. The number of carbonyl (C=O) groups is 3. The molecule has 3 amide bonds. The third-order valence-corrected chi connectivity index (χ3v) is 8.29. The fourth-order valence-electron chi connectivity index (χ4n) is 4.69. The van der Waals surface area contributed by atoms with Crippen LogP contribution in [0.5, 0.6) is 11.5 Å². The van der Waals surface area contributed by atoms with Gasteiger partial charge in [0.05, 0.1) is 30.0 Å². The number of nitrogens with zero attached hydrogens (tertiary/aromatic N) is 2. The summed E-state index contributed by atoms with van der Waals surface area (Å²) in [4.78, 5) is 46.3. The fraction of sp³-hybridized carbons (Fsp3) is 0.167. The van der Waals surface area contributed by atoms with E-state index in [0.29, 0.717) is 33.8 Å². The molecule has 8 nitrogen and oxygen atoms in total. The molecule has 0 fully saturated rings. The van der Waals surface area contributed by atoms with Crippen molar-refractivity contribution in [2.45, 2.75) is 19.9 Å². The molecule has 3 aromatic rings. The van der Waals surface area contributed by atoms with Crippen molar-refractivity contribution < 1.29 is 23.9 Å². The van der Waals surface area contributed by atoms with Crippen molar-refractivity contribution in [1.29, 1.82) is 0 Å². The van der Waals surface area contributed by atoms with Gasteiger partial charge in [0.25, 0.3) is 11.8 Å². The molecule has 1 aliphatic heterocycles. The highest BCUT2D eigenvalue weighted by atomic mass is 79.9. The number of halogens is 1. The Kier molecular flexibility index (Phi) is 12.3. The van der Waals surface area contributed by atoms with Crippen molar-refractivity contribution in [3.63, 3.8) is 0 Å². The van der Waals surface area contributed by atoms with Crippen molar-refractivity contribution in [3.8, 4) is 11.5 Å². The number of rotatable bonds is 12. The highest BCUT2D eigenvalue weighted by Gasteiger charge is 2.35. The average molecular weight is 701 g/mol. The first-order chi connectivity index (χ1) is 22.3. The number of benzene rings is 3. The van der Waals surface area contributed by atoms with Crippen LogP contribution in [-0.2, 0) is 14.4 Å². The molecule has 3 aromatic carbocycles. The van der Waals surface area contributed by atoms with E-state index in [1.54, 1.807) is 43.4 Å². The zero-order chi connectivity index (χ0) is 33.1. The maximum atomic E-state index is 14.0. The van der Waals surface area contributed by atoms with Gasteiger partial charge in [-0.1, -0.05) is 97.2 Å². The van der Waals surface area contributed by atoms with Crippen LogP contribution in [-0.4, -0.2) is 47.3 Å². The summed E-state index contributed by atoms with van der Waals surface area (Å²) in [5, 5.41) is 3.18. The van der Waals surface area contributed by atoms with Crippen LogP contribution in [0.25, 0.3) is 6.08 Å². The van der Waals surface area contributed by atoms with Gasteiger partial charge in [0.15, 0.2) is 16.7 Å². The van der Waals surface area contributed by atoms with E-state index in [0.717, 1.165) is 22.9 Å². The number of amides is 3. The van der Waals surface area contributed by atoms with Gasteiger partial charge in [0.2, 0.25) is 5.91 Å². The lowest BCUT2D eigenvalue weighted by atomic mass is 9.99. The highest BCUT2D eigenvalue weighted by Crippen LogP contribution is 2.37. The molecule has 0 saturated heterocycles. The van der Waals surface area contributed by atoms with Gasteiger partial charge >= 0.3 is 0 Å². The predicted molar refractivity (Wildman–Crippen MR) is 188 cm³/mol. The molecule has 1 heterocycles. The molecule has 0 unspecified atom stereocenters. The van der Waals surface area contributed by atoms with E-state index >= 15 is 0 Å². The molecule has 236 valence electrons. The third-order valence-electron chi connectivity index (χ3n) is 6.76. The summed E-state index contributed by atoms with van der Waals surface area (Å²) in [6.07, 6.45) is 8.13. The molecule has 0 aliphatic carbocycles. The molecule has 0 bridgehead atoms. The second kappa shape index (κ2) is 16.6. The Balaban J connectivity index is 1.65. The summed E-state index contributed by atoms with van der Waals surface area (Å²) in [5.74, 6) is -0.728. The number of nitrogens with one attached hydrogen (secondary N) is 1. The number of hydrogen-bond donors (Lipinski definition) is 1. The molecule has 0 radical (unpaired) electrons. The van der Waals surface area contributed by atoms with E-state index in [9.17, 15) is 14.4 Å². The van der Waals surface area contributed by atoms with Gasteiger partial charge in [0, 0.05) is 5.70 Å². The molecule has 4 rings (SSSR count). The maximum Gasteiger partial charge on any atom is 0.285 e. The van der Waals surface area contributed by atoms with E-state index in [1.165, 1.54) is 18.1 Å². The lowest BCUT2D eigenvalue weighted by Crippen LogP contribution is -2.42. The number of allylic oxidation sites excluding steroid dienone is 4. The molecule has 10 heteroatoms. The van der Waals surface area contributed by atoms with Crippen LogP contribution in [0, 0.1) is 0 Å². The summed E-state index contributed by atoms with van der Waals surface area (Å²) in [5.41, 5.74) is 2.70. The van der Waals surface area contributed by atoms with E-state index in [4.69, 9.17) is 9.47 Å². The minimum Gasteiger partial charge on any atom is -0.492 e. The van der Waals surface area contributed by atoms with Crippen LogP contribution >= 0.6 is 27.7 Å². The van der Waals surface area contributed by atoms with Gasteiger partial charge in [-0.2, -0.15) is 4.99 Å². The number of methoxy groups -OCH3 is 1. The monoisotopic (exact) mass is 699 g/mol. The number of hydrogen-bond acceptors (Lipinski definition) is 6. The first-order valence-corrected chi connectivity index (χ1v) is 16.3. The van der Waals surface area contributed by atoms with Gasteiger partial charge in [0.1, 0.15) is 5.57 Å². The quantitative estimate of drug-likeness (QED) is 0.122. The van der Waals surface area contributed by atoms with Gasteiger partial charge in [-0.05, 0) is 70.8 Å². The summed E-state index contributed by atoms with van der Waals surface area (Å²) in [6.45, 7) is 7.72. The third kappa shape index (κ3) is 8.32. The van der Waals surface area contributed by atoms with Gasteiger partial charge < -0.3 is 14.8 Å². The average Bonchev–Trinajstić information content (AvgIpc) is 3.06. The Hall–Kier alpha value is -4.67. The van der Waals surface area contributed by atoms with Crippen molar-refractivity contribution in [1.82, 2.24) is 10.2 Å². The van der Waals surface area contributed by atoms with Gasteiger partial charge in [-0.25, -0.2) is 0 Å². The summed E-state index contributed by atoms with van der Waals surface area (Å²) in [6, 6.07) is 22.3. The minimum atomic E-state index is -0.719. The zero-order valence-corrected chi connectivity index (χ0v) is 28.1. The first kappa shape index (κ1) is 34.2. The molecule has 1 aliphatic rings. The molecule has 0 aromatic heterocycles. The lowest BCUT2D eigenvalue weighted by molar-refractivity contribution is -0.126. The minimum absolute atomic E-state index is 0.0869. The maximum absolute atomic E-state index is 14.0. The smallest absolute Gasteiger partial charge is 0.285 e. The molecule has 46 heavy (non-hydrogen) atoms. The van der Waals surface area contributed by atoms with Crippen LogP contribution in [0.15, 0.2) is 124 Å². The molecular weight excluding hydrogens is 666 g/mol. The van der Waals surface area contributed by atoms with E-state index in [1.807, 2.05) is 67.6 Å². The largest absolute Gasteiger partial charge is 0.492 e. The van der Waals surface area contributed by atoms with Crippen LogP contribution in [0.4, 0.5) is 0 Å². The fourth-order valence-corrected chi connectivity index (χ4v) is 6.12. The summed E-state index contributed by atoms with van der Waals surface area (Å²) in [7, 11) is 1.53. The van der Waals surface area contributed by atoms with Crippen LogP contribution in [0.3, 0.4) is 0 Å². The van der Waals surface area contributed by atoms with Crippen molar-refractivity contribution in [2.24, 2.45) is 4.99 Å². The Bertz CT molecular complexity index is 1680. The lowest BCUT2D eigenvalue weighted by Gasteiger charge is -2.28. The van der Waals surface area contributed by atoms with Crippen molar-refractivity contribution in [2.75, 3.05) is 19.5 Å². The second-order valence-corrected chi connectivity index (χ2v) is 11.6. The number of thioether (sulfide) groups is 1. The number of ether oxygens (including phenoxy) is 2. The summed E-state index contributed by atoms with van der Waals surface area (Å²) >= 11 is 4.48. The summed E-state index contributed by atoms with van der Waals surface area (Å²) < 4.78 is 11.7. The molecule has 0 spiro atoms. The molecule has 0 saturated carbocycles. The van der Waals surface area contributed by atoms with Crippen LogP contribution < -0.4 is 14.8 Å². The zero-order valence-electron chi connectivity index (χ0n) is 25.7. The Morgan fingerprint density at radius 2 is 1.74 bits per heavy atom. The van der Waals surface area contributed by atoms with Crippen molar-refractivity contribution >= 4 is 56.7 Å². The second-order valence-electron chi connectivity index (χ2n) is 9.78. The molecule has 1 N–H and O–H groups in total. The number of amidine groups is 1. The molecular formula is C36H34BrN3O5S. The Morgan fingerprint density at radius 1 is 1.09 bits per heavy atom. The van der Waals surface area contributed by atoms with Crippen LogP contribution in [0.2, 0.25) is 0 Å². The SMILES string of the molecule is C=C/C=C\C(=C/C)N1C(=O)/C(=C/c2cc(Br)c(OC)c(OCC)c2)C(=O)N=C1SCC(=O)NC(c1ccccc1)c1ccccc1. The van der Waals surface area contributed by atoms with Crippen LogP contribution in [0.1, 0.15) is 36.6 Å². The van der Waals surface area contributed by atoms with Gasteiger partial charge in [-0.3, -0.25) is 19.3 Å². The van der Waals surface area contributed by atoms with E-state index < -0.39 is 11.8 Å². The van der Waals surface area contributed by atoms with E-state index in [-0.39, 0.29) is 28.4 Å².